The molecule has 1 amide bonds. The summed E-state index contributed by atoms with van der Waals surface area (Å²) < 4.78 is 25.2. The Morgan fingerprint density at radius 3 is 2.67 bits per heavy atom. The lowest BCUT2D eigenvalue weighted by molar-refractivity contribution is -0.133. The van der Waals surface area contributed by atoms with Gasteiger partial charge in [0.1, 0.15) is 18.0 Å². The fraction of sp³-hybridized carbons (Fsp3) is 0.381. The summed E-state index contributed by atoms with van der Waals surface area (Å²) in [5.74, 6) is -0.610. The molecule has 2 aliphatic heterocycles. The van der Waals surface area contributed by atoms with Gasteiger partial charge in [0, 0.05) is 6.07 Å². The van der Waals surface area contributed by atoms with Gasteiger partial charge in [0.15, 0.2) is 17.4 Å². The van der Waals surface area contributed by atoms with Crippen LogP contribution in [0.4, 0.5) is 10.2 Å². The molecule has 1 aromatic carbocycles. The molecule has 1 saturated carbocycles. The summed E-state index contributed by atoms with van der Waals surface area (Å²) in [6.07, 6.45) is -0.766. The number of nitrogens with zero attached hydrogens (tertiary/aromatic N) is 2. The number of carbonyl (C=O) groups is 2. The molecule has 2 aromatic rings. The van der Waals surface area contributed by atoms with E-state index in [4.69, 9.17) is 32.5 Å². The van der Waals surface area contributed by atoms with Crippen molar-refractivity contribution in [3.63, 3.8) is 0 Å². The van der Waals surface area contributed by atoms with Crippen molar-refractivity contribution in [3.8, 4) is 0 Å². The first-order valence-corrected chi connectivity index (χ1v) is 10.4. The van der Waals surface area contributed by atoms with E-state index in [1.165, 1.54) is 4.90 Å². The third-order valence-corrected chi connectivity index (χ3v) is 6.64. The number of alkyl halides is 1. The number of ketones is 1. The molecule has 1 aliphatic carbocycles. The first kappa shape index (κ1) is 19.6. The lowest BCUT2D eigenvalue weighted by Gasteiger charge is -2.36. The maximum absolute atomic E-state index is 14.1. The largest absolute Gasteiger partial charge is 0.483 e. The summed E-state index contributed by atoms with van der Waals surface area (Å²) in [6, 6.07) is 5.69. The van der Waals surface area contributed by atoms with Crippen molar-refractivity contribution < 1.29 is 23.2 Å². The van der Waals surface area contributed by atoms with Crippen LogP contribution in [0, 0.1) is 12.8 Å². The van der Waals surface area contributed by atoms with Crippen molar-refractivity contribution in [3.05, 3.63) is 57.0 Å². The summed E-state index contributed by atoms with van der Waals surface area (Å²) >= 11 is 12.3. The normalized spacial score (nSPS) is 28.5. The monoisotopic (exact) mass is 450 g/mol. The molecule has 0 bridgehead atoms. The number of hydrogen-bond acceptors (Lipinski definition) is 5. The second-order valence-electron chi connectivity index (χ2n) is 7.83. The smallest absolute Gasteiger partial charge is 0.295 e. The van der Waals surface area contributed by atoms with Gasteiger partial charge in [0.2, 0.25) is 0 Å². The van der Waals surface area contributed by atoms with Crippen LogP contribution in [-0.4, -0.2) is 29.1 Å². The number of aryl methyl sites for hydroxylation is 1. The summed E-state index contributed by atoms with van der Waals surface area (Å²) in [6.45, 7) is 1.70. The SMILES string of the molecule is Cc1cc(N2C(=O)C3=C(C(=O)C4CC(F)CCC4O3)C2c2ccc(Cl)c(Cl)c2)no1. The van der Waals surface area contributed by atoms with Crippen molar-refractivity contribution in [2.24, 2.45) is 5.92 Å². The van der Waals surface area contributed by atoms with Gasteiger partial charge < -0.3 is 9.26 Å². The molecule has 9 heteroatoms. The van der Waals surface area contributed by atoms with Crippen LogP contribution in [0.1, 0.15) is 36.6 Å². The highest BCUT2D eigenvalue weighted by atomic mass is 35.5. The van der Waals surface area contributed by atoms with Gasteiger partial charge in [-0.1, -0.05) is 34.4 Å². The molecular weight excluding hydrogens is 434 g/mol. The van der Waals surface area contributed by atoms with E-state index >= 15 is 0 Å². The van der Waals surface area contributed by atoms with Crippen molar-refractivity contribution in [1.29, 1.82) is 0 Å². The zero-order chi connectivity index (χ0) is 21.2. The number of Topliss-reactive ketones (excluding diaryl/α,β-unsaturated/α-hetero) is 1. The Kier molecular flexibility index (Phi) is 4.63. The molecule has 1 aromatic heterocycles. The summed E-state index contributed by atoms with van der Waals surface area (Å²) in [4.78, 5) is 28.2. The average Bonchev–Trinajstić information content (AvgIpc) is 3.26. The lowest BCUT2D eigenvalue weighted by atomic mass is 9.77. The van der Waals surface area contributed by atoms with Gasteiger partial charge in [0.05, 0.1) is 27.6 Å². The van der Waals surface area contributed by atoms with E-state index in [-0.39, 0.29) is 34.4 Å². The first-order chi connectivity index (χ1) is 14.3. The number of anilines is 1. The van der Waals surface area contributed by atoms with Gasteiger partial charge in [-0.15, -0.1) is 0 Å². The predicted octanol–water partition coefficient (Wildman–Crippen LogP) is 4.74. The van der Waals surface area contributed by atoms with Crippen LogP contribution in [-0.2, 0) is 14.3 Å². The fourth-order valence-corrected chi connectivity index (χ4v) is 4.82. The van der Waals surface area contributed by atoms with E-state index in [9.17, 15) is 14.0 Å². The Bertz CT molecular complexity index is 1100. The summed E-state index contributed by atoms with van der Waals surface area (Å²) in [5.41, 5.74) is 0.779. The number of ether oxygens (including phenoxy) is 1. The van der Waals surface area contributed by atoms with Crippen LogP contribution in [0.2, 0.25) is 10.0 Å². The van der Waals surface area contributed by atoms with Crippen molar-refractivity contribution >= 4 is 40.7 Å². The lowest BCUT2D eigenvalue weighted by Crippen LogP contribution is -2.42. The van der Waals surface area contributed by atoms with Gasteiger partial charge in [0.25, 0.3) is 5.91 Å². The molecule has 0 saturated heterocycles. The molecule has 4 unspecified atom stereocenters. The van der Waals surface area contributed by atoms with E-state index in [1.54, 1.807) is 31.2 Å². The number of benzene rings is 1. The van der Waals surface area contributed by atoms with Crippen molar-refractivity contribution in [2.75, 3.05) is 4.90 Å². The van der Waals surface area contributed by atoms with Gasteiger partial charge in [-0.05, 0) is 43.9 Å². The van der Waals surface area contributed by atoms with E-state index in [0.29, 0.717) is 29.2 Å². The second-order valence-corrected chi connectivity index (χ2v) is 8.64. The van der Waals surface area contributed by atoms with Crippen LogP contribution in [0.5, 0.6) is 0 Å². The summed E-state index contributed by atoms with van der Waals surface area (Å²) in [7, 11) is 0. The van der Waals surface area contributed by atoms with E-state index < -0.39 is 30.1 Å². The molecule has 5 rings (SSSR count). The topological polar surface area (TPSA) is 72.6 Å². The number of hydrogen-bond donors (Lipinski definition) is 0. The number of amides is 1. The fourth-order valence-electron chi connectivity index (χ4n) is 4.52. The molecule has 156 valence electrons. The Morgan fingerprint density at radius 2 is 1.97 bits per heavy atom. The number of rotatable bonds is 2. The van der Waals surface area contributed by atoms with Crippen LogP contribution in [0.15, 0.2) is 40.1 Å². The Hall–Kier alpha value is -2.38. The quantitative estimate of drug-likeness (QED) is 0.660. The number of aromatic nitrogens is 1. The molecule has 30 heavy (non-hydrogen) atoms. The highest BCUT2D eigenvalue weighted by Gasteiger charge is 2.54. The standard InChI is InChI=1S/C21H17Cl2FN2O4/c1-9-6-16(25-30-9)26-18(10-2-4-13(22)14(23)7-10)17-19(27)12-8-11(24)3-5-15(12)29-20(17)21(26)28/h2,4,6-7,11-12,15,18H,3,5,8H2,1H3. The van der Waals surface area contributed by atoms with Crippen LogP contribution < -0.4 is 4.90 Å². The van der Waals surface area contributed by atoms with Crippen LogP contribution >= 0.6 is 23.2 Å². The maximum atomic E-state index is 14.1. The molecule has 3 aliphatic rings. The van der Waals surface area contributed by atoms with Gasteiger partial charge >= 0.3 is 0 Å². The van der Waals surface area contributed by atoms with Gasteiger partial charge in [-0.2, -0.15) is 0 Å². The molecule has 1 fully saturated rings. The number of carbonyl (C=O) groups excluding carboxylic acids is 2. The van der Waals surface area contributed by atoms with E-state index in [2.05, 4.69) is 5.16 Å². The molecule has 3 heterocycles. The molecule has 0 spiro atoms. The average molecular weight is 451 g/mol. The zero-order valence-corrected chi connectivity index (χ0v) is 17.4. The Morgan fingerprint density at radius 1 is 1.17 bits per heavy atom. The van der Waals surface area contributed by atoms with Gasteiger partial charge in [-0.3, -0.25) is 14.5 Å². The van der Waals surface area contributed by atoms with Crippen molar-refractivity contribution in [1.82, 2.24) is 5.16 Å². The van der Waals surface area contributed by atoms with E-state index in [0.717, 1.165) is 0 Å². The van der Waals surface area contributed by atoms with Crippen LogP contribution in [0.25, 0.3) is 0 Å². The van der Waals surface area contributed by atoms with Crippen molar-refractivity contribution in [2.45, 2.75) is 44.5 Å². The molecule has 4 atom stereocenters. The minimum absolute atomic E-state index is 0.00437. The number of fused-ring (bicyclic) bond motifs is 1. The third-order valence-electron chi connectivity index (χ3n) is 5.91. The predicted molar refractivity (Wildman–Crippen MR) is 107 cm³/mol. The minimum atomic E-state index is -1.06. The highest BCUT2D eigenvalue weighted by molar-refractivity contribution is 6.42. The molecule has 0 N–H and O–H groups in total. The highest BCUT2D eigenvalue weighted by Crippen LogP contribution is 2.48. The second kappa shape index (κ2) is 7.10. The Balaban J connectivity index is 1.66. The molecule has 6 nitrogen and oxygen atoms in total. The van der Waals surface area contributed by atoms with E-state index in [1.807, 2.05) is 0 Å². The summed E-state index contributed by atoms with van der Waals surface area (Å²) in [5, 5.41) is 4.60. The maximum Gasteiger partial charge on any atom is 0.295 e. The first-order valence-electron chi connectivity index (χ1n) is 9.66. The third kappa shape index (κ3) is 2.94. The molecular formula is C21H17Cl2FN2O4. The minimum Gasteiger partial charge on any atom is -0.483 e. The Labute approximate surface area is 181 Å². The van der Waals surface area contributed by atoms with Gasteiger partial charge in [-0.25, -0.2) is 4.39 Å². The number of halogens is 3. The van der Waals surface area contributed by atoms with Crippen LogP contribution in [0.3, 0.4) is 0 Å². The zero-order valence-electron chi connectivity index (χ0n) is 15.9. The molecule has 0 radical (unpaired) electrons.